The third-order valence-electron chi connectivity index (χ3n) is 4.14. The van der Waals surface area contributed by atoms with Gasteiger partial charge in [0.1, 0.15) is 5.75 Å². The monoisotopic (exact) mass is 403 g/mol. The van der Waals surface area contributed by atoms with Crippen LogP contribution in [0, 0.1) is 0 Å². The van der Waals surface area contributed by atoms with Crippen LogP contribution >= 0.6 is 0 Å². The van der Waals surface area contributed by atoms with E-state index < -0.39 is 16.1 Å². The Kier molecular flexibility index (Phi) is 5.55. The van der Waals surface area contributed by atoms with Crippen molar-refractivity contribution in [2.75, 3.05) is 22.4 Å². The topological polar surface area (TPSA) is 105 Å². The number of para-hydroxylation sites is 2. The minimum atomic E-state index is -3.38. The Morgan fingerprint density at radius 3 is 2.64 bits per heavy atom. The maximum Gasteiger partial charge on any atom is 0.263 e. The predicted molar refractivity (Wildman–Crippen MR) is 106 cm³/mol. The van der Waals surface area contributed by atoms with Crippen LogP contribution in [0.1, 0.15) is 12.5 Å². The molecule has 2 amide bonds. The molecule has 1 aliphatic heterocycles. The molecule has 0 radical (unpaired) electrons. The van der Waals surface area contributed by atoms with E-state index in [1.165, 1.54) is 11.8 Å². The van der Waals surface area contributed by atoms with Gasteiger partial charge in [-0.05, 0) is 29.8 Å². The fourth-order valence-corrected chi connectivity index (χ4v) is 3.49. The van der Waals surface area contributed by atoms with Crippen molar-refractivity contribution in [2.24, 2.45) is 0 Å². The number of ether oxygens (including phenoxy) is 1. The van der Waals surface area contributed by atoms with Gasteiger partial charge >= 0.3 is 0 Å². The summed E-state index contributed by atoms with van der Waals surface area (Å²) >= 11 is 0. The van der Waals surface area contributed by atoms with Gasteiger partial charge in [-0.2, -0.15) is 0 Å². The largest absolute Gasteiger partial charge is 0.477 e. The van der Waals surface area contributed by atoms with E-state index in [0.29, 0.717) is 17.1 Å². The Labute approximate surface area is 163 Å². The molecule has 0 unspecified atom stereocenters. The molecule has 3 rings (SSSR count). The van der Waals surface area contributed by atoms with Gasteiger partial charge in [-0.15, -0.1) is 0 Å². The number of carbonyl (C=O) groups is 2. The van der Waals surface area contributed by atoms with E-state index in [-0.39, 0.29) is 24.9 Å². The Morgan fingerprint density at radius 2 is 1.93 bits per heavy atom. The van der Waals surface area contributed by atoms with Crippen molar-refractivity contribution in [2.45, 2.75) is 19.6 Å². The van der Waals surface area contributed by atoms with Gasteiger partial charge in [0.15, 0.2) is 6.10 Å². The Bertz CT molecular complexity index is 1010. The highest BCUT2D eigenvalue weighted by Gasteiger charge is 2.32. The van der Waals surface area contributed by atoms with Crippen LogP contribution in [0.5, 0.6) is 5.75 Å². The molecule has 0 aliphatic carbocycles. The maximum atomic E-state index is 12.6. The molecular weight excluding hydrogens is 382 g/mol. The summed E-state index contributed by atoms with van der Waals surface area (Å²) in [6.45, 7) is 1.75. The van der Waals surface area contributed by atoms with Crippen molar-refractivity contribution in [3.63, 3.8) is 0 Å². The Morgan fingerprint density at radius 1 is 1.18 bits per heavy atom. The Hall–Kier alpha value is -3.07. The van der Waals surface area contributed by atoms with Gasteiger partial charge in [-0.3, -0.25) is 14.3 Å². The second-order valence-corrected chi connectivity index (χ2v) is 8.24. The van der Waals surface area contributed by atoms with E-state index in [4.69, 9.17) is 4.74 Å². The normalized spacial score (nSPS) is 15.9. The summed E-state index contributed by atoms with van der Waals surface area (Å²) in [6.07, 6.45) is 0.233. The summed E-state index contributed by atoms with van der Waals surface area (Å²) in [7, 11) is -3.38. The average Bonchev–Trinajstić information content (AvgIpc) is 2.64. The lowest BCUT2D eigenvalue weighted by Gasteiger charge is -2.33. The van der Waals surface area contributed by atoms with Gasteiger partial charge in [0.25, 0.3) is 5.91 Å². The van der Waals surface area contributed by atoms with Crippen molar-refractivity contribution < 1.29 is 22.7 Å². The van der Waals surface area contributed by atoms with Gasteiger partial charge in [-0.1, -0.05) is 24.3 Å². The molecule has 9 heteroatoms. The quantitative estimate of drug-likeness (QED) is 0.787. The number of rotatable bonds is 5. The lowest BCUT2D eigenvalue weighted by atomic mass is 10.1. The molecule has 2 N–H and O–H groups in total. The molecule has 0 aromatic heterocycles. The number of benzene rings is 2. The first-order valence-corrected chi connectivity index (χ1v) is 10.5. The molecule has 1 atom stereocenters. The molecule has 0 bridgehead atoms. The van der Waals surface area contributed by atoms with Gasteiger partial charge in [0, 0.05) is 19.2 Å². The zero-order valence-corrected chi connectivity index (χ0v) is 16.3. The molecule has 1 heterocycles. The number of nitrogens with zero attached hydrogens (tertiary/aromatic N) is 1. The van der Waals surface area contributed by atoms with Gasteiger partial charge in [0.05, 0.1) is 18.5 Å². The maximum absolute atomic E-state index is 12.6. The zero-order valence-electron chi connectivity index (χ0n) is 15.5. The molecule has 2 aromatic rings. The molecule has 0 fully saturated rings. The van der Waals surface area contributed by atoms with Gasteiger partial charge in [0.2, 0.25) is 15.9 Å². The number of anilines is 2. The lowest BCUT2D eigenvalue weighted by molar-refractivity contribution is -0.128. The van der Waals surface area contributed by atoms with Crippen LogP contribution in [0.2, 0.25) is 0 Å². The van der Waals surface area contributed by atoms with Gasteiger partial charge < -0.3 is 15.0 Å². The first-order valence-electron chi connectivity index (χ1n) is 8.61. The third kappa shape index (κ3) is 4.80. The van der Waals surface area contributed by atoms with Crippen LogP contribution in [-0.4, -0.2) is 39.1 Å². The Balaban J connectivity index is 1.67. The highest BCUT2D eigenvalue weighted by molar-refractivity contribution is 7.92. The molecule has 28 heavy (non-hydrogen) atoms. The average molecular weight is 403 g/mol. The van der Waals surface area contributed by atoms with Crippen molar-refractivity contribution in [1.29, 1.82) is 0 Å². The van der Waals surface area contributed by atoms with Gasteiger partial charge in [-0.25, -0.2) is 8.42 Å². The van der Waals surface area contributed by atoms with Crippen LogP contribution in [0.25, 0.3) is 0 Å². The number of amides is 2. The van der Waals surface area contributed by atoms with E-state index in [1.807, 2.05) is 0 Å². The number of hydrogen-bond donors (Lipinski definition) is 2. The summed E-state index contributed by atoms with van der Waals surface area (Å²) in [5, 5.41) is 2.77. The van der Waals surface area contributed by atoms with Crippen molar-refractivity contribution in [1.82, 2.24) is 5.32 Å². The highest BCUT2D eigenvalue weighted by Crippen LogP contribution is 2.33. The van der Waals surface area contributed by atoms with E-state index in [2.05, 4.69) is 10.0 Å². The summed E-state index contributed by atoms with van der Waals surface area (Å²) in [5.74, 6) is -0.0567. The first-order chi connectivity index (χ1) is 13.2. The fourth-order valence-electron chi connectivity index (χ4n) is 2.93. The molecule has 2 aromatic carbocycles. The van der Waals surface area contributed by atoms with Crippen molar-refractivity contribution in [3.8, 4) is 5.75 Å². The van der Waals surface area contributed by atoms with E-state index in [9.17, 15) is 18.0 Å². The smallest absolute Gasteiger partial charge is 0.263 e. The molecule has 8 nitrogen and oxygen atoms in total. The molecule has 0 saturated carbocycles. The van der Waals surface area contributed by atoms with Crippen molar-refractivity contribution in [3.05, 3.63) is 54.1 Å². The number of nitrogens with one attached hydrogen (secondary N) is 2. The minimum Gasteiger partial charge on any atom is -0.477 e. The number of hydrogen-bond acceptors (Lipinski definition) is 5. The van der Waals surface area contributed by atoms with Crippen LogP contribution in [0.4, 0.5) is 11.4 Å². The highest BCUT2D eigenvalue weighted by atomic mass is 32.2. The molecule has 1 aliphatic rings. The van der Waals surface area contributed by atoms with E-state index >= 15 is 0 Å². The summed E-state index contributed by atoms with van der Waals surface area (Å²) in [6, 6.07) is 13.8. The molecule has 0 spiro atoms. The van der Waals surface area contributed by atoms with Crippen molar-refractivity contribution >= 4 is 33.2 Å². The SMILES string of the molecule is CC(=O)N1C[C@@H](C(=O)NCc2cccc(NS(C)(=O)=O)c2)Oc2ccccc21. The molecular formula is C19H21N3O5S. The zero-order chi connectivity index (χ0) is 20.3. The predicted octanol–water partition coefficient (Wildman–Crippen LogP) is 1.49. The summed E-state index contributed by atoms with van der Waals surface area (Å²) in [4.78, 5) is 26.0. The summed E-state index contributed by atoms with van der Waals surface area (Å²) < 4.78 is 30.8. The first kappa shape index (κ1) is 19.7. The minimum absolute atomic E-state index is 0.119. The number of fused-ring (bicyclic) bond motifs is 1. The molecule has 0 saturated heterocycles. The van der Waals surface area contributed by atoms with Crippen LogP contribution in [0.15, 0.2) is 48.5 Å². The second-order valence-electron chi connectivity index (χ2n) is 6.50. The lowest BCUT2D eigenvalue weighted by Crippen LogP contribution is -2.50. The summed E-state index contributed by atoms with van der Waals surface area (Å²) in [5.41, 5.74) is 1.78. The number of sulfonamides is 1. The van der Waals surface area contributed by atoms with E-state index in [0.717, 1.165) is 11.8 Å². The van der Waals surface area contributed by atoms with Crippen LogP contribution < -0.4 is 19.7 Å². The third-order valence-corrected chi connectivity index (χ3v) is 4.75. The van der Waals surface area contributed by atoms with E-state index in [1.54, 1.807) is 48.5 Å². The van der Waals surface area contributed by atoms with Crippen LogP contribution in [0.3, 0.4) is 0 Å². The standard InChI is InChI=1S/C19H21N3O5S/c1-13(23)22-12-18(27-17-9-4-3-8-16(17)22)19(24)20-11-14-6-5-7-15(10-14)21-28(2,25)26/h3-10,18,21H,11-12H2,1-2H3,(H,20,24)/t18-/m0/s1. The fraction of sp³-hybridized carbons (Fsp3) is 0.263. The van der Waals surface area contributed by atoms with Crippen LogP contribution in [-0.2, 0) is 26.2 Å². The number of carbonyl (C=O) groups excluding carboxylic acids is 2. The molecule has 148 valence electrons. The second kappa shape index (κ2) is 7.89.